The van der Waals surface area contributed by atoms with Crippen LogP contribution in [-0.2, 0) is 4.79 Å². The first-order chi connectivity index (χ1) is 10.1. The second-order valence-electron chi connectivity index (χ2n) is 4.52. The molecule has 21 heavy (non-hydrogen) atoms. The molecule has 1 heterocycles. The van der Waals surface area contributed by atoms with Gasteiger partial charge in [-0.3, -0.25) is 14.9 Å². The van der Waals surface area contributed by atoms with Crippen LogP contribution in [-0.4, -0.2) is 10.8 Å². The largest absolute Gasteiger partial charge is 0.321 e. The van der Waals surface area contributed by atoms with Crippen molar-refractivity contribution in [3.8, 4) is 0 Å². The minimum Gasteiger partial charge on any atom is -0.321 e. The Bertz CT molecular complexity index is 799. The predicted molar refractivity (Wildman–Crippen MR) is 81.0 cm³/mol. The lowest BCUT2D eigenvalue weighted by atomic mass is 10.0. The fourth-order valence-electron chi connectivity index (χ4n) is 2.19. The molecule has 2 aromatic rings. The normalized spacial score (nSPS) is 14.9. The maximum Gasteiger partial charge on any atom is 0.270 e. The van der Waals surface area contributed by atoms with E-state index in [0.29, 0.717) is 16.2 Å². The second kappa shape index (κ2) is 5.03. The number of carbonyl (C=O) groups is 1. The number of halogens is 1. The topological polar surface area (TPSA) is 72.2 Å². The van der Waals surface area contributed by atoms with Crippen molar-refractivity contribution >= 4 is 40.5 Å². The van der Waals surface area contributed by atoms with E-state index in [9.17, 15) is 14.9 Å². The number of benzene rings is 2. The maximum absolute atomic E-state index is 12.0. The van der Waals surface area contributed by atoms with Gasteiger partial charge in [-0.25, -0.2) is 0 Å². The molecule has 0 fully saturated rings. The average molecular weight is 301 g/mol. The highest BCUT2D eigenvalue weighted by atomic mass is 35.5. The van der Waals surface area contributed by atoms with E-state index in [1.807, 2.05) is 18.2 Å². The Kier molecular flexibility index (Phi) is 3.19. The van der Waals surface area contributed by atoms with Gasteiger partial charge in [0.15, 0.2) is 0 Å². The van der Waals surface area contributed by atoms with Crippen molar-refractivity contribution in [1.29, 1.82) is 0 Å². The number of carbonyl (C=O) groups excluding carboxylic acids is 1. The zero-order valence-corrected chi connectivity index (χ0v) is 11.4. The van der Waals surface area contributed by atoms with Crippen LogP contribution in [0.3, 0.4) is 0 Å². The van der Waals surface area contributed by atoms with Crippen molar-refractivity contribution < 1.29 is 9.72 Å². The third-order valence-corrected chi connectivity index (χ3v) is 3.54. The van der Waals surface area contributed by atoms with Crippen molar-refractivity contribution in [2.45, 2.75) is 0 Å². The van der Waals surface area contributed by atoms with Crippen LogP contribution in [0.15, 0.2) is 42.5 Å². The highest BCUT2D eigenvalue weighted by molar-refractivity contribution is 6.37. The van der Waals surface area contributed by atoms with Gasteiger partial charge in [-0.15, -0.1) is 0 Å². The van der Waals surface area contributed by atoms with Gasteiger partial charge >= 0.3 is 0 Å². The summed E-state index contributed by atoms with van der Waals surface area (Å²) in [6, 6.07) is 11.4. The fraction of sp³-hybridized carbons (Fsp3) is 0. The van der Waals surface area contributed by atoms with Crippen molar-refractivity contribution in [1.82, 2.24) is 0 Å². The average Bonchev–Trinajstić information content (AvgIpc) is 2.77. The Labute approximate surface area is 125 Å². The van der Waals surface area contributed by atoms with E-state index in [-0.39, 0.29) is 11.6 Å². The molecule has 1 aliphatic rings. The Morgan fingerprint density at radius 1 is 1.19 bits per heavy atom. The summed E-state index contributed by atoms with van der Waals surface area (Å²) in [5, 5.41) is 13.9. The third-order valence-electron chi connectivity index (χ3n) is 3.20. The first kappa shape index (κ1) is 13.3. The van der Waals surface area contributed by atoms with E-state index < -0.39 is 4.92 Å². The van der Waals surface area contributed by atoms with Crippen molar-refractivity contribution in [2.24, 2.45) is 0 Å². The molecule has 1 aliphatic heterocycles. The summed E-state index contributed by atoms with van der Waals surface area (Å²) in [4.78, 5) is 22.3. The number of para-hydroxylation sites is 1. The van der Waals surface area contributed by atoms with Gasteiger partial charge in [0.25, 0.3) is 11.6 Å². The van der Waals surface area contributed by atoms with Gasteiger partial charge in [0.2, 0.25) is 0 Å². The monoisotopic (exact) mass is 300 g/mol. The number of amides is 1. The Balaban J connectivity index is 2.12. The van der Waals surface area contributed by atoms with Gasteiger partial charge < -0.3 is 5.32 Å². The van der Waals surface area contributed by atoms with Crippen molar-refractivity contribution in [3.05, 3.63) is 68.7 Å². The molecular formula is C15H9ClN2O3. The molecule has 0 unspecified atom stereocenters. The molecule has 6 heteroatoms. The molecule has 0 aromatic heterocycles. The molecule has 104 valence electrons. The van der Waals surface area contributed by atoms with Gasteiger partial charge in [0.1, 0.15) is 0 Å². The SMILES string of the molecule is O=C1Nc2ccccc2C1=Cc1cc([N+](=O)[O-])ccc1Cl. The summed E-state index contributed by atoms with van der Waals surface area (Å²) in [6.07, 6.45) is 1.57. The molecule has 5 nitrogen and oxygen atoms in total. The zero-order valence-electron chi connectivity index (χ0n) is 10.7. The molecule has 0 saturated heterocycles. The number of anilines is 1. The van der Waals surface area contributed by atoms with Gasteiger partial charge in [-0.1, -0.05) is 29.8 Å². The number of nitro benzene ring substituents is 1. The molecular weight excluding hydrogens is 292 g/mol. The maximum atomic E-state index is 12.0. The summed E-state index contributed by atoms with van der Waals surface area (Å²) in [5.41, 5.74) is 2.28. The molecule has 0 bridgehead atoms. The predicted octanol–water partition coefficient (Wildman–Crippen LogP) is 3.74. The molecule has 0 atom stereocenters. The third kappa shape index (κ3) is 2.39. The molecule has 0 spiro atoms. The number of hydrogen-bond acceptors (Lipinski definition) is 3. The number of hydrogen-bond donors (Lipinski definition) is 1. The van der Waals surface area contributed by atoms with Gasteiger partial charge in [-0.2, -0.15) is 0 Å². The number of nitrogens with zero attached hydrogens (tertiary/aromatic N) is 1. The first-order valence-corrected chi connectivity index (χ1v) is 6.50. The number of nitro groups is 1. The van der Waals surface area contributed by atoms with Crippen molar-refractivity contribution in [3.63, 3.8) is 0 Å². The van der Waals surface area contributed by atoms with Crippen LogP contribution >= 0.6 is 11.6 Å². The summed E-state index contributed by atoms with van der Waals surface area (Å²) < 4.78 is 0. The number of rotatable bonds is 2. The lowest BCUT2D eigenvalue weighted by Gasteiger charge is -2.01. The minimum absolute atomic E-state index is 0.0714. The van der Waals surface area contributed by atoms with Crippen LogP contribution in [0.1, 0.15) is 11.1 Å². The molecule has 0 saturated carbocycles. The lowest BCUT2D eigenvalue weighted by Crippen LogP contribution is -2.03. The summed E-state index contributed by atoms with van der Waals surface area (Å²) in [5.74, 6) is -0.251. The highest BCUT2D eigenvalue weighted by Crippen LogP contribution is 2.34. The first-order valence-electron chi connectivity index (χ1n) is 6.12. The van der Waals surface area contributed by atoms with Gasteiger partial charge in [-0.05, 0) is 18.2 Å². The molecule has 2 aromatic carbocycles. The minimum atomic E-state index is -0.499. The van der Waals surface area contributed by atoms with Crippen LogP contribution < -0.4 is 5.32 Å². The van der Waals surface area contributed by atoms with E-state index in [0.717, 1.165) is 11.3 Å². The van der Waals surface area contributed by atoms with E-state index in [1.165, 1.54) is 18.2 Å². The molecule has 3 rings (SSSR count). The summed E-state index contributed by atoms with van der Waals surface area (Å²) >= 11 is 6.06. The smallest absolute Gasteiger partial charge is 0.270 e. The molecule has 0 radical (unpaired) electrons. The molecule has 1 N–H and O–H groups in total. The summed E-state index contributed by atoms with van der Waals surface area (Å²) in [6.45, 7) is 0. The van der Waals surface area contributed by atoms with Crippen LogP contribution in [0.4, 0.5) is 11.4 Å². The molecule has 0 aliphatic carbocycles. The lowest BCUT2D eigenvalue weighted by molar-refractivity contribution is -0.384. The standard InChI is InChI=1S/C15H9ClN2O3/c16-13-6-5-10(18(20)21)7-9(13)8-12-11-3-1-2-4-14(11)17-15(12)19/h1-8H,(H,17,19). The molecule has 1 amide bonds. The van der Waals surface area contributed by atoms with Crippen LogP contribution in [0, 0.1) is 10.1 Å². The number of nitrogens with one attached hydrogen (secondary N) is 1. The van der Waals surface area contributed by atoms with Gasteiger partial charge in [0.05, 0.1) is 4.92 Å². The summed E-state index contributed by atoms with van der Waals surface area (Å²) in [7, 11) is 0. The highest BCUT2D eigenvalue weighted by Gasteiger charge is 2.23. The zero-order chi connectivity index (χ0) is 15.0. The Hall–Kier alpha value is -2.66. The Morgan fingerprint density at radius 3 is 2.71 bits per heavy atom. The van der Waals surface area contributed by atoms with Crippen LogP contribution in [0.25, 0.3) is 11.6 Å². The van der Waals surface area contributed by atoms with Crippen molar-refractivity contribution in [2.75, 3.05) is 5.32 Å². The number of non-ortho nitro benzene ring substituents is 1. The van der Waals surface area contributed by atoms with E-state index in [1.54, 1.807) is 12.1 Å². The van der Waals surface area contributed by atoms with E-state index in [4.69, 9.17) is 11.6 Å². The van der Waals surface area contributed by atoms with E-state index in [2.05, 4.69) is 5.32 Å². The van der Waals surface area contributed by atoms with Crippen LogP contribution in [0.5, 0.6) is 0 Å². The second-order valence-corrected chi connectivity index (χ2v) is 4.93. The fourth-order valence-corrected chi connectivity index (χ4v) is 2.37. The van der Waals surface area contributed by atoms with E-state index >= 15 is 0 Å². The number of fused-ring (bicyclic) bond motifs is 1. The quantitative estimate of drug-likeness (QED) is 0.521. The Morgan fingerprint density at radius 2 is 1.95 bits per heavy atom. The van der Waals surface area contributed by atoms with Crippen LogP contribution in [0.2, 0.25) is 5.02 Å². The van der Waals surface area contributed by atoms with Gasteiger partial charge in [0, 0.05) is 39.5 Å².